The Morgan fingerprint density at radius 1 is 0.957 bits per heavy atom. The van der Waals surface area contributed by atoms with E-state index in [0.717, 1.165) is 4.90 Å². The second kappa shape index (κ2) is 7.00. The number of rotatable bonds is 2. The van der Waals surface area contributed by atoms with E-state index < -0.39 is 23.4 Å². The fraction of sp³-hybridized carbons (Fsp3) is 0.529. The number of carbonyl (C=O) groups excluding carboxylic acids is 2. The predicted octanol–water partition coefficient (Wildman–Crippen LogP) is 3.86. The van der Waals surface area contributed by atoms with Gasteiger partial charge in [-0.2, -0.15) is 4.90 Å². The van der Waals surface area contributed by atoms with Crippen LogP contribution in [0.3, 0.4) is 0 Å². The molecule has 0 unspecified atom stereocenters. The first kappa shape index (κ1) is 19.0. The summed E-state index contributed by atoms with van der Waals surface area (Å²) in [6, 6.07) is 6.55. The zero-order chi connectivity index (χ0) is 17.8. The second-order valence-electron chi connectivity index (χ2n) is 7.08. The number of aliphatic hydroxyl groups is 1. The third-order valence-electron chi connectivity index (χ3n) is 2.56. The zero-order valence-corrected chi connectivity index (χ0v) is 14.5. The van der Waals surface area contributed by atoms with Crippen LogP contribution in [-0.2, 0) is 16.1 Å². The van der Waals surface area contributed by atoms with Gasteiger partial charge in [-0.1, -0.05) is 18.2 Å². The van der Waals surface area contributed by atoms with Gasteiger partial charge >= 0.3 is 12.2 Å². The Balaban J connectivity index is 3.26. The van der Waals surface area contributed by atoms with Gasteiger partial charge in [0, 0.05) is 5.56 Å². The van der Waals surface area contributed by atoms with E-state index in [-0.39, 0.29) is 12.3 Å². The van der Waals surface area contributed by atoms with Gasteiger partial charge < -0.3 is 14.6 Å². The largest absolute Gasteiger partial charge is 0.443 e. The number of benzene rings is 1. The van der Waals surface area contributed by atoms with E-state index in [0.29, 0.717) is 5.56 Å². The number of hydrogen-bond donors (Lipinski definition) is 1. The van der Waals surface area contributed by atoms with E-state index >= 15 is 0 Å². The van der Waals surface area contributed by atoms with E-state index in [1.165, 1.54) is 0 Å². The molecule has 0 atom stereocenters. The summed E-state index contributed by atoms with van der Waals surface area (Å²) in [4.78, 5) is 25.8. The van der Waals surface area contributed by atoms with Crippen molar-refractivity contribution in [3.63, 3.8) is 0 Å². The van der Waals surface area contributed by atoms with Gasteiger partial charge in [-0.3, -0.25) is 0 Å². The fourth-order valence-electron chi connectivity index (χ4n) is 1.75. The molecule has 0 bridgehead atoms. The molecule has 1 aromatic carbocycles. The molecule has 1 aromatic rings. The van der Waals surface area contributed by atoms with Crippen LogP contribution in [0.2, 0.25) is 0 Å². The maximum absolute atomic E-state index is 12.5. The number of aliphatic hydroxyl groups excluding tert-OH is 1. The first-order valence-electron chi connectivity index (χ1n) is 7.39. The molecular weight excluding hydrogens is 298 g/mol. The van der Waals surface area contributed by atoms with Crippen molar-refractivity contribution in [2.45, 2.75) is 59.4 Å². The number of imide groups is 1. The number of nitrogens with zero attached hydrogens (tertiary/aromatic N) is 1. The van der Waals surface area contributed by atoms with Crippen molar-refractivity contribution in [2.24, 2.45) is 0 Å². The van der Waals surface area contributed by atoms with E-state index in [1.54, 1.807) is 65.8 Å². The first-order valence-corrected chi connectivity index (χ1v) is 7.39. The number of para-hydroxylation sites is 1. The van der Waals surface area contributed by atoms with Crippen LogP contribution in [0.5, 0.6) is 0 Å². The normalized spacial score (nSPS) is 11.8. The molecule has 0 aliphatic carbocycles. The topological polar surface area (TPSA) is 76.1 Å². The average molecular weight is 323 g/mol. The van der Waals surface area contributed by atoms with Gasteiger partial charge in [-0.25, -0.2) is 9.59 Å². The number of anilines is 1. The van der Waals surface area contributed by atoms with Crippen LogP contribution in [0.15, 0.2) is 24.3 Å². The van der Waals surface area contributed by atoms with Crippen LogP contribution in [0.4, 0.5) is 15.3 Å². The van der Waals surface area contributed by atoms with E-state index in [1.807, 2.05) is 0 Å². The summed E-state index contributed by atoms with van der Waals surface area (Å²) in [5.74, 6) is 0. The highest BCUT2D eigenvalue weighted by Gasteiger charge is 2.33. The summed E-state index contributed by atoms with van der Waals surface area (Å²) >= 11 is 0. The smallest absolute Gasteiger partial charge is 0.424 e. The summed E-state index contributed by atoms with van der Waals surface area (Å²) in [5, 5.41) is 9.47. The molecule has 0 saturated carbocycles. The van der Waals surface area contributed by atoms with E-state index in [4.69, 9.17) is 9.47 Å². The van der Waals surface area contributed by atoms with Gasteiger partial charge in [0.15, 0.2) is 0 Å². The van der Waals surface area contributed by atoms with E-state index in [2.05, 4.69) is 0 Å². The SMILES string of the molecule is CC(C)(C)OC(=O)N(C(=O)OC(C)(C)C)c1ccccc1CO. The molecule has 0 fully saturated rings. The zero-order valence-electron chi connectivity index (χ0n) is 14.5. The Hall–Kier alpha value is -2.08. The van der Waals surface area contributed by atoms with E-state index in [9.17, 15) is 14.7 Å². The van der Waals surface area contributed by atoms with Gasteiger partial charge in [0.1, 0.15) is 11.2 Å². The van der Waals surface area contributed by atoms with Crippen molar-refractivity contribution in [2.75, 3.05) is 4.90 Å². The Bertz CT molecular complexity index is 541. The first-order chi connectivity index (χ1) is 10.4. The Morgan fingerprint density at radius 2 is 1.39 bits per heavy atom. The Kier molecular flexibility index (Phi) is 5.77. The van der Waals surface area contributed by atoms with Crippen molar-refractivity contribution < 1.29 is 24.2 Å². The van der Waals surface area contributed by atoms with Crippen LogP contribution in [0, 0.1) is 0 Å². The molecule has 1 N–H and O–H groups in total. The number of hydrogen-bond acceptors (Lipinski definition) is 5. The van der Waals surface area contributed by atoms with Crippen molar-refractivity contribution in [3.8, 4) is 0 Å². The maximum Gasteiger partial charge on any atom is 0.424 e. The Morgan fingerprint density at radius 3 is 1.78 bits per heavy atom. The fourth-order valence-corrected chi connectivity index (χ4v) is 1.75. The highest BCUT2D eigenvalue weighted by molar-refractivity contribution is 6.10. The summed E-state index contributed by atoms with van der Waals surface area (Å²) in [7, 11) is 0. The van der Waals surface area contributed by atoms with Gasteiger partial charge in [0.05, 0.1) is 12.3 Å². The summed E-state index contributed by atoms with van der Waals surface area (Å²) < 4.78 is 10.6. The van der Waals surface area contributed by atoms with Gasteiger partial charge in [-0.15, -0.1) is 0 Å². The lowest BCUT2D eigenvalue weighted by Crippen LogP contribution is -2.44. The van der Waals surface area contributed by atoms with Crippen molar-refractivity contribution in [3.05, 3.63) is 29.8 Å². The van der Waals surface area contributed by atoms with Gasteiger partial charge in [-0.05, 0) is 47.6 Å². The molecule has 0 heterocycles. The van der Waals surface area contributed by atoms with Crippen molar-refractivity contribution in [1.29, 1.82) is 0 Å². The third kappa shape index (κ3) is 5.90. The minimum Gasteiger partial charge on any atom is -0.443 e. The molecule has 0 aliphatic rings. The molecule has 1 rings (SSSR count). The lowest BCUT2D eigenvalue weighted by molar-refractivity contribution is 0.0430. The van der Waals surface area contributed by atoms with Crippen LogP contribution in [0.25, 0.3) is 0 Å². The highest BCUT2D eigenvalue weighted by Crippen LogP contribution is 2.25. The molecular formula is C17H25NO5. The molecule has 2 amide bonds. The summed E-state index contributed by atoms with van der Waals surface area (Å²) in [6.07, 6.45) is -1.71. The van der Waals surface area contributed by atoms with Gasteiger partial charge in [0.25, 0.3) is 0 Å². The molecule has 23 heavy (non-hydrogen) atoms. The molecule has 0 spiro atoms. The number of carbonyl (C=O) groups is 2. The predicted molar refractivity (Wildman–Crippen MR) is 87.3 cm³/mol. The number of amides is 2. The molecule has 128 valence electrons. The summed E-state index contributed by atoms with van der Waals surface area (Å²) in [6.45, 7) is 9.91. The van der Waals surface area contributed by atoms with Crippen LogP contribution in [-0.4, -0.2) is 28.5 Å². The Labute approximate surface area is 137 Å². The van der Waals surface area contributed by atoms with Gasteiger partial charge in [0.2, 0.25) is 0 Å². The number of ether oxygens (including phenoxy) is 2. The molecule has 6 heteroatoms. The lowest BCUT2D eigenvalue weighted by atomic mass is 10.1. The monoisotopic (exact) mass is 323 g/mol. The van der Waals surface area contributed by atoms with Crippen LogP contribution < -0.4 is 4.90 Å². The standard InChI is InChI=1S/C17H25NO5/c1-16(2,3)22-14(20)18(15(21)23-17(4,5)6)13-10-8-7-9-12(13)11-19/h7-10,19H,11H2,1-6H3. The van der Waals surface area contributed by atoms with Crippen molar-refractivity contribution in [1.82, 2.24) is 0 Å². The maximum atomic E-state index is 12.5. The van der Waals surface area contributed by atoms with Crippen LogP contribution in [0.1, 0.15) is 47.1 Å². The third-order valence-corrected chi connectivity index (χ3v) is 2.56. The average Bonchev–Trinajstić information content (AvgIpc) is 2.35. The van der Waals surface area contributed by atoms with Crippen molar-refractivity contribution >= 4 is 17.9 Å². The van der Waals surface area contributed by atoms with Crippen LogP contribution >= 0.6 is 0 Å². The molecule has 0 aliphatic heterocycles. The molecule has 6 nitrogen and oxygen atoms in total. The minimum absolute atomic E-state index is 0.235. The lowest BCUT2D eigenvalue weighted by Gasteiger charge is -2.29. The molecule has 0 aromatic heterocycles. The molecule has 0 saturated heterocycles. The highest BCUT2D eigenvalue weighted by atomic mass is 16.6. The quantitative estimate of drug-likeness (QED) is 0.894. The minimum atomic E-state index is -0.854. The molecule has 0 radical (unpaired) electrons. The summed E-state index contributed by atoms with van der Waals surface area (Å²) in [5.41, 5.74) is -0.889. The second-order valence-corrected chi connectivity index (χ2v) is 7.08.